The van der Waals surface area contributed by atoms with Gasteiger partial charge in [-0.15, -0.1) is 11.3 Å². The standard InChI is InChI=1S/C11H12N4O4S2/c1-14(5-8-6-20-7-13-8)21(18,19)11-4-9(15(16)17)2-3-10(11)12/h2-4,6-7H,5,12H2,1H3. The van der Waals surface area contributed by atoms with Crippen molar-refractivity contribution in [3.8, 4) is 0 Å². The van der Waals surface area contributed by atoms with Crippen molar-refractivity contribution >= 4 is 32.7 Å². The van der Waals surface area contributed by atoms with Crippen LogP contribution in [0.4, 0.5) is 11.4 Å². The van der Waals surface area contributed by atoms with Crippen LogP contribution in [-0.2, 0) is 16.6 Å². The predicted molar refractivity (Wildman–Crippen MR) is 78.3 cm³/mol. The summed E-state index contributed by atoms with van der Waals surface area (Å²) in [5.41, 5.74) is 7.47. The van der Waals surface area contributed by atoms with E-state index < -0.39 is 14.9 Å². The predicted octanol–water partition coefficient (Wildman–Crippen LogP) is 1.45. The first-order chi connectivity index (χ1) is 9.82. The molecule has 21 heavy (non-hydrogen) atoms. The summed E-state index contributed by atoms with van der Waals surface area (Å²) >= 11 is 1.35. The summed E-state index contributed by atoms with van der Waals surface area (Å²) in [5, 5.41) is 12.5. The van der Waals surface area contributed by atoms with E-state index in [4.69, 9.17) is 5.73 Å². The molecule has 1 aromatic carbocycles. The molecule has 0 spiro atoms. The summed E-state index contributed by atoms with van der Waals surface area (Å²) in [6.45, 7) is 0.0635. The smallest absolute Gasteiger partial charge is 0.270 e. The molecule has 2 rings (SSSR count). The highest BCUT2D eigenvalue weighted by molar-refractivity contribution is 7.89. The Hall–Kier alpha value is -2.04. The molecule has 0 unspecified atom stereocenters. The lowest BCUT2D eigenvalue weighted by Crippen LogP contribution is -2.27. The molecule has 0 aliphatic rings. The third-order valence-corrected chi connectivity index (χ3v) is 5.26. The Morgan fingerprint density at radius 1 is 1.48 bits per heavy atom. The van der Waals surface area contributed by atoms with Gasteiger partial charge in [0.25, 0.3) is 5.69 Å². The molecule has 1 heterocycles. The number of sulfonamides is 1. The Labute approximate surface area is 125 Å². The molecule has 112 valence electrons. The van der Waals surface area contributed by atoms with Crippen LogP contribution in [0.3, 0.4) is 0 Å². The second kappa shape index (κ2) is 5.76. The number of hydrogen-bond acceptors (Lipinski definition) is 7. The maximum Gasteiger partial charge on any atom is 0.270 e. The largest absolute Gasteiger partial charge is 0.398 e. The van der Waals surface area contributed by atoms with Gasteiger partial charge in [-0.05, 0) is 6.07 Å². The molecule has 8 nitrogen and oxygen atoms in total. The summed E-state index contributed by atoms with van der Waals surface area (Å²) in [4.78, 5) is 13.8. The van der Waals surface area contributed by atoms with E-state index >= 15 is 0 Å². The summed E-state index contributed by atoms with van der Waals surface area (Å²) < 4.78 is 26.0. The first-order valence-corrected chi connectivity index (χ1v) is 8.08. The molecule has 0 amide bonds. The lowest BCUT2D eigenvalue weighted by atomic mass is 10.3. The fourth-order valence-corrected chi connectivity index (χ4v) is 3.48. The highest BCUT2D eigenvalue weighted by Crippen LogP contribution is 2.27. The number of nitro benzene ring substituents is 1. The van der Waals surface area contributed by atoms with Gasteiger partial charge in [0.15, 0.2) is 0 Å². The van der Waals surface area contributed by atoms with E-state index in [1.165, 1.54) is 24.5 Å². The van der Waals surface area contributed by atoms with Crippen molar-refractivity contribution in [3.63, 3.8) is 0 Å². The van der Waals surface area contributed by atoms with Crippen LogP contribution in [0.25, 0.3) is 0 Å². The van der Waals surface area contributed by atoms with E-state index in [-0.39, 0.29) is 22.8 Å². The zero-order valence-electron chi connectivity index (χ0n) is 11.0. The highest BCUT2D eigenvalue weighted by Gasteiger charge is 2.26. The molecule has 0 fully saturated rings. The van der Waals surface area contributed by atoms with Gasteiger partial charge in [-0.2, -0.15) is 4.31 Å². The maximum atomic E-state index is 12.5. The van der Waals surface area contributed by atoms with Gasteiger partial charge >= 0.3 is 0 Å². The van der Waals surface area contributed by atoms with Gasteiger partial charge in [0.2, 0.25) is 10.0 Å². The topological polar surface area (TPSA) is 119 Å². The van der Waals surface area contributed by atoms with Crippen LogP contribution in [0.15, 0.2) is 34.0 Å². The van der Waals surface area contributed by atoms with E-state index in [0.717, 1.165) is 16.4 Å². The van der Waals surface area contributed by atoms with Gasteiger partial charge in [-0.3, -0.25) is 10.1 Å². The highest BCUT2D eigenvalue weighted by atomic mass is 32.2. The molecule has 0 radical (unpaired) electrons. The third kappa shape index (κ3) is 3.17. The normalized spacial score (nSPS) is 11.7. The number of anilines is 1. The minimum absolute atomic E-state index is 0.0364. The minimum Gasteiger partial charge on any atom is -0.398 e. The minimum atomic E-state index is -3.93. The van der Waals surface area contributed by atoms with Crippen molar-refractivity contribution in [1.29, 1.82) is 0 Å². The summed E-state index contributed by atoms with van der Waals surface area (Å²) in [7, 11) is -2.57. The summed E-state index contributed by atoms with van der Waals surface area (Å²) in [6, 6.07) is 3.33. The Balaban J connectivity index is 2.38. The van der Waals surface area contributed by atoms with Crippen LogP contribution in [0.2, 0.25) is 0 Å². The number of thiazole rings is 1. The molecular weight excluding hydrogens is 316 g/mol. The molecule has 0 aliphatic heterocycles. The van der Waals surface area contributed by atoms with Gasteiger partial charge in [0.05, 0.1) is 28.4 Å². The van der Waals surface area contributed by atoms with Gasteiger partial charge in [-0.1, -0.05) is 0 Å². The number of hydrogen-bond donors (Lipinski definition) is 1. The van der Waals surface area contributed by atoms with Crippen LogP contribution in [-0.4, -0.2) is 29.7 Å². The van der Waals surface area contributed by atoms with E-state index in [9.17, 15) is 18.5 Å². The molecule has 10 heteroatoms. The molecule has 0 atom stereocenters. The van der Waals surface area contributed by atoms with Crippen molar-refractivity contribution in [1.82, 2.24) is 9.29 Å². The Morgan fingerprint density at radius 2 is 2.19 bits per heavy atom. The fourth-order valence-electron chi connectivity index (χ4n) is 1.66. The van der Waals surface area contributed by atoms with Crippen LogP contribution >= 0.6 is 11.3 Å². The van der Waals surface area contributed by atoms with Gasteiger partial charge in [-0.25, -0.2) is 13.4 Å². The Kier molecular flexibility index (Phi) is 4.21. The fraction of sp³-hybridized carbons (Fsp3) is 0.182. The number of nitrogens with two attached hydrogens (primary N) is 1. The van der Waals surface area contributed by atoms with Gasteiger partial charge in [0, 0.05) is 24.6 Å². The molecule has 0 aliphatic carbocycles. The van der Waals surface area contributed by atoms with Crippen molar-refractivity contribution in [2.75, 3.05) is 12.8 Å². The zero-order chi connectivity index (χ0) is 15.6. The number of nitrogens with zero attached hydrogens (tertiary/aromatic N) is 3. The lowest BCUT2D eigenvalue weighted by molar-refractivity contribution is -0.385. The second-order valence-electron chi connectivity index (χ2n) is 4.22. The van der Waals surface area contributed by atoms with Crippen molar-refractivity contribution in [2.24, 2.45) is 0 Å². The molecule has 0 saturated carbocycles. The molecular formula is C11H12N4O4S2. The van der Waals surface area contributed by atoms with Crippen molar-refractivity contribution < 1.29 is 13.3 Å². The summed E-state index contributed by atoms with van der Waals surface area (Å²) in [6.07, 6.45) is 0. The number of aromatic nitrogens is 1. The number of nitrogen functional groups attached to an aromatic ring is 1. The van der Waals surface area contributed by atoms with Gasteiger partial charge in [0.1, 0.15) is 4.90 Å². The van der Waals surface area contributed by atoms with E-state index in [1.807, 2.05) is 0 Å². The Bertz CT molecular complexity index is 759. The number of rotatable bonds is 5. The number of non-ortho nitro benzene ring substituents is 1. The van der Waals surface area contributed by atoms with Crippen molar-refractivity contribution in [2.45, 2.75) is 11.4 Å². The van der Waals surface area contributed by atoms with Crippen LogP contribution in [0, 0.1) is 10.1 Å². The van der Waals surface area contributed by atoms with Crippen LogP contribution in [0.5, 0.6) is 0 Å². The average molecular weight is 328 g/mol. The first kappa shape index (κ1) is 15.4. The molecule has 2 aromatic rings. The zero-order valence-corrected chi connectivity index (χ0v) is 12.6. The maximum absolute atomic E-state index is 12.5. The molecule has 1 aromatic heterocycles. The second-order valence-corrected chi connectivity index (χ2v) is 6.95. The van der Waals surface area contributed by atoms with E-state index in [0.29, 0.717) is 5.69 Å². The molecule has 0 bridgehead atoms. The first-order valence-electron chi connectivity index (χ1n) is 5.69. The number of benzene rings is 1. The van der Waals surface area contributed by atoms with Crippen molar-refractivity contribution in [3.05, 3.63) is 44.9 Å². The van der Waals surface area contributed by atoms with E-state index in [2.05, 4.69) is 4.98 Å². The monoisotopic (exact) mass is 328 g/mol. The quantitative estimate of drug-likeness (QED) is 0.504. The van der Waals surface area contributed by atoms with E-state index in [1.54, 1.807) is 10.9 Å². The van der Waals surface area contributed by atoms with Gasteiger partial charge < -0.3 is 5.73 Å². The van der Waals surface area contributed by atoms with Crippen LogP contribution in [0.1, 0.15) is 5.69 Å². The summed E-state index contributed by atoms with van der Waals surface area (Å²) in [5.74, 6) is 0. The molecule has 0 saturated heterocycles. The third-order valence-electron chi connectivity index (χ3n) is 2.76. The SMILES string of the molecule is CN(Cc1cscn1)S(=O)(=O)c1cc([N+](=O)[O-])ccc1N. The lowest BCUT2D eigenvalue weighted by Gasteiger charge is -2.17. The Morgan fingerprint density at radius 3 is 2.76 bits per heavy atom. The average Bonchev–Trinajstić information content (AvgIpc) is 2.91. The molecule has 2 N–H and O–H groups in total. The van der Waals surface area contributed by atoms with Crippen LogP contribution < -0.4 is 5.73 Å². The number of nitro groups is 1.